The van der Waals surface area contributed by atoms with E-state index in [-0.39, 0.29) is 78.9 Å². The van der Waals surface area contributed by atoms with Gasteiger partial charge in [-0.1, -0.05) is 45.8 Å². The quantitative estimate of drug-likeness (QED) is 0.0188. The van der Waals surface area contributed by atoms with Gasteiger partial charge in [-0.25, -0.2) is 31.3 Å². The van der Waals surface area contributed by atoms with Crippen LogP contribution in [0.5, 0.6) is 34.5 Å². The molecule has 0 radical (unpaired) electrons. The molecule has 1 aliphatic carbocycles. The number of aryl methyl sites for hydroxylation is 4. The Morgan fingerprint density at radius 3 is 1.05 bits per heavy atom. The highest BCUT2D eigenvalue weighted by Gasteiger charge is 2.29. The van der Waals surface area contributed by atoms with Crippen molar-refractivity contribution in [2.75, 3.05) is 78.9 Å². The van der Waals surface area contributed by atoms with Crippen LogP contribution in [0.1, 0.15) is 49.0 Å². The fraction of sp³-hybridized carbons (Fsp3) is 0.235. The van der Waals surface area contributed by atoms with Crippen molar-refractivity contribution in [3.05, 3.63) is 271 Å². The monoisotopic (exact) mass is 1680 g/mol. The van der Waals surface area contributed by atoms with E-state index in [0.29, 0.717) is 171 Å². The van der Waals surface area contributed by atoms with Gasteiger partial charge >= 0.3 is 0 Å². The van der Waals surface area contributed by atoms with E-state index in [1.54, 1.807) is 123 Å². The van der Waals surface area contributed by atoms with Crippen LogP contribution in [0.4, 0.5) is 26.3 Å². The molecule has 122 heavy (non-hydrogen) atoms. The Bertz CT molecular complexity index is 5200. The van der Waals surface area contributed by atoms with Crippen LogP contribution in [-0.4, -0.2) is 155 Å². The summed E-state index contributed by atoms with van der Waals surface area (Å²) in [5.41, 5.74) is 40.3. The number of rotatable bonds is 33. The fourth-order valence-corrected chi connectivity index (χ4v) is 9.74. The first-order valence-corrected chi connectivity index (χ1v) is 37.8. The minimum atomic E-state index is 0.116. The van der Waals surface area contributed by atoms with Gasteiger partial charge in [-0.05, 0) is 184 Å². The summed E-state index contributed by atoms with van der Waals surface area (Å²) in [6.45, 7) is 9.54. The number of nitrogens with one attached hydrogen (secondary N) is 1. The third-order valence-corrected chi connectivity index (χ3v) is 16.9. The maximum Gasteiger partial charge on any atom is 0.258 e. The Hall–Kier alpha value is -14.1. The second-order valence-corrected chi connectivity index (χ2v) is 26.0. The van der Waals surface area contributed by atoms with Gasteiger partial charge in [-0.2, -0.15) is 24.8 Å². The lowest BCUT2D eigenvalue weighted by Gasteiger charge is -2.07. The average Bonchev–Trinajstić information content (AvgIpc) is 1.67. The molecule has 0 aliphatic heterocycles. The van der Waals surface area contributed by atoms with Crippen LogP contribution < -0.4 is 62.8 Å². The van der Waals surface area contributed by atoms with Crippen molar-refractivity contribution in [2.24, 2.45) is 34.4 Å². The number of hydrogen-bond donors (Lipinski definition) is 7. The average molecular weight is 1680 g/mol. The van der Waals surface area contributed by atoms with Crippen LogP contribution in [0.15, 0.2) is 265 Å². The smallest absolute Gasteiger partial charge is 0.258 e. The van der Waals surface area contributed by atoms with Gasteiger partial charge in [0, 0.05) is 124 Å². The van der Waals surface area contributed by atoms with E-state index in [1.807, 2.05) is 80.6 Å². The van der Waals surface area contributed by atoms with Gasteiger partial charge < -0.3 is 80.8 Å². The molecular weight excluding hydrogens is 1590 g/mol. The summed E-state index contributed by atoms with van der Waals surface area (Å²) in [6.07, 6.45) is 5.11. The maximum absolute atomic E-state index is 12.4. The molecule has 0 amide bonds. The third kappa shape index (κ3) is 29.5. The number of nitrogens with zero attached hydrogens (tertiary/aromatic N) is 14. The highest BCUT2D eigenvalue weighted by Crippen LogP contribution is 2.39. The second-order valence-electron chi connectivity index (χ2n) is 26.0. The molecule has 638 valence electrons. The number of ether oxygens (including phenoxy) is 6. The third-order valence-electron chi connectivity index (χ3n) is 16.9. The van der Waals surface area contributed by atoms with Crippen molar-refractivity contribution in [2.45, 2.75) is 53.0 Å². The molecule has 7 aromatic carbocycles. The van der Waals surface area contributed by atoms with E-state index in [9.17, 15) is 26.3 Å². The lowest BCUT2D eigenvalue weighted by Crippen LogP contribution is -2.10. The van der Waals surface area contributed by atoms with E-state index < -0.39 is 0 Å². The summed E-state index contributed by atoms with van der Waals surface area (Å²) in [7, 11) is 0. The molecule has 0 unspecified atom stereocenters. The zero-order chi connectivity index (χ0) is 86.8. The maximum atomic E-state index is 12.4. The molecule has 1 aliphatic rings. The molecule has 6 aromatic heterocycles. The summed E-state index contributed by atoms with van der Waals surface area (Å²) in [6, 6.07) is 52.6. The largest absolute Gasteiger partial charge is 0.489 e. The van der Waals surface area contributed by atoms with Crippen molar-refractivity contribution in [3.8, 4) is 114 Å². The Morgan fingerprint density at radius 2 is 0.730 bits per heavy atom. The normalized spacial score (nSPS) is 12.2. The molecule has 31 nitrogen and oxygen atoms in total. The Balaban J connectivity index is 0.000000167. The van der Waals surface area contributed by atoms with Crippen LogP contribution in [0.25, 0.3) is 80.0 Å². The van der Waals surface area contributed by atoms with Crippen LogP contribution >= 0.6 is 0 Å². The first kappa shape index (κ1) is 91.8. The Labute approximate surface area is 697 Å². The van der Waals surface area contributed by atoms with E-state index in [1.165, 1.54) is 4.80 Å². The van der Waals surface area contributed by atoms with E-state index in [0.717, 1.165) is 63.4 Å². The van der Waals surface area contributed by atoms with Crippen molar-refractivity contribution in [1.29, 1.82) is 0 Å². The number of H-pyrrole nitrogens is 1. The highest BCUT2D eigenvalue weighted by atomic mass is 19.1. The van der Waals surface area contributed by atoms with Gasteiger partial charge in [0.2, 0.25) is 23.4 Å². The van der Waals surface area contributed by atoms with Crippen molar-refractivity contribution in [1.82, 2.24) is 76.0 Å². The zero-order valence-corrected chi connectivity index (χ0v) is 67.0. The lowest BCUT2D eigenvalue weighted by atomic mass is 10.2. The number of hydrogen-bond acceptors (Lipinski definition) is 29. The SMILES string of the molecule is CCn1nnc(-c2ccc(OC/C(=C/F)CN)cc2)n1.Cc1nc(-c2ccc(OC/C(=C/F)CN)cc2)n[nH]1.Cc1nnc(-c2ccc(OC/C(=C/F)CN)cc2)o1.Cc1noc(-c2ccc(OC/C(=C/F)CN)cc2)n1.NC/C(=C\F)COc1ccc(-c2nc(-c3ccccc3)no2)cc1.NC/C(=C\F)COc1ccc(-c2nc(C3CC3)no2)cc1. The van der Waals surface area contributed by atoms with E-state index >= 15 is 0 Å². The minimum absolute atomic E-state index is 0.116. The molecule has 1 fully saturated rings. The van der Waals surface area contributed by atoms with Crippen LogP contribution in [0.3, 0.4) is 0 Å². The van der Waals surface area contributed by atoms with Crippen LogP contribution in [0.2, 0.25) is 0 Å². The topological polar surface area (TPSA) is 452 Å². The number of tetrazole rings is 1. The fourth-order valence-electron chi connectivity index (χ4n) is 9.74. The molecular formula is C85H91F6N21O10. The van der Waals surface area contributed by atoms with Gasteiger partial charge in [-0.3, -0.25) is 5.10 Å². The molecule has 0 bridgehead atoms. The number of halogens is 6. The molecule has 0 atom stereocenters. The summed E-state index contributed by atoms with van der Waals surface area (Å²) in [4.78, 5) is 18.6. The summed E-state index contributed by atoms with van der Waals surface area (Å²) < 4.78 is 127. The number of benzene rings is 7. The lowest BCUT2D eigenvalue weighted by molar-refractivity contribution is 0.347. The standard InChI is InChI=1S/C18H16FN3O2.C15H16FN3O2.C13H16FN5O.C13H15FN4O.2C13H14FN3O2/c19-10-13(11-20)12-23-16-8-6-15(7-9-16)18-21-17(22-24-18)14-4-2-1-3-5-14;16-7-10(8-17)9-20-13-5-3-12(4-6-13)15-18-14(19-21-15)11-1-2-11;1-2-19-17-13(16-18-19)11-3-5-12(6-4-11)20-9-10(7-14)8-15;1-9-16-13(18-17-9)11-2-4-12(5-3-11)19-8-10(6-14)7-15;1-9-16-17-13(19-9)11-2-4-12(5-3-11)18-8-10(6-14)7-15;1-9-16-13(19-17-9)11-2-4-12(5-3-11)18-8-10(6-14)7-15/h1-10H,11-12,20H2;3-7,11H,1-2,8-9,17H2;3-7H,2,8-9,15H2,1H3;2-6H,7-8,15H2,1H3,(H,16,17,18);2*2-6H,7-8,15H2,1H3/b13-10+;2*10-7+;3*10-6+. The number of aromatic amines is 1. The minimum Gasteiger partial charge on any atom is -0.489 e. The van der Waals surface area contributed by atoms with Crippen LogP contribution in [0, 0.1) is 20.8 Å². The van der Waals surface area contributed by atoms with Crippen LogP contribution in [-0.2, 0) is 6.54 Å². The predicted molar refractivity (Wildman–Crippen MR) is 444 cm³/mol. The molecule has 1 saturated carbocycles. The highest BCUT2D eigenvalue weighted by molar-refractivity contribution is 5.62. The Morgan fingerprint density at radius 1 is 0.385 bits per heavy atom. The van der Waals surface area contributed by atoms with Gasteiger partial charge in [0.15, 0.2) is 17.5 Å². The molecule has 0 saturated heterocycles. The molecule has 37 heteroatoms. The van der Waals surface area contributed by atoms with Gasteiger partial charge in [0.1, 0.15) is 80.0 Å². The molecule has 13 N–H and O–H groups in total. The van der Waals surface area contributed by atoms with Crippen molar-refractivity contribution >= 4 is 0 Å². The van der Waals surface area contributed by atoms with Crippen molar-refractivity contribution in [3.63, 3.8) is 0 Å². The first-order chi connectivity index (χ1) is 59.5. The Kier molecular flexibility index (Phi) is 37.1. The summed E-state index contributed by atoms with van der Waals surface area (Å²) >= 11 is 0. The zero-order valence-electron chi connectivity index (χ0n) is 67.0. The second kappa shape index (κ2) is 49.3. The number of aromatic nitrogens is 15. The molecule has 14 rings (SSSR count). The molecule has 0 spiro atoms. The predicted octanol–water partition coefficient (Wildman–Crippen LogP) is 14.4. The molecule has 6 heterocycles. The number of nitrogens with two attached hydrogens (primary N) is 6. The summed E-state index contributed by atoms with van der Waals surface area (Å²) in [5.74, 6) is 10.4. The summed E-state index contributed by atoms with van der Waals surface area (Å²) in [5, 5.41) is 38.3. The van der Waals surface area contributed by atoms with Gasteiger partial charge in [0.05, 0.1) is 44.5 Å². The van der Waals surface area contributed by atoms with Gasteiger partial charge in [0.25, 0.3) is 17.7 Å². The van der Waals surface area contributed by atoms with E-state index in [2.05, 4.69) is 71.2 Å². The van der Waals surface area contributed by atoms with E-state index in [4.69, 9.17) is 80.8 Å². The first-order valence-electron chi connectivity index (χ1n) is 37.8. The molecule has 13 aromatic rings. The van der Waals surface area contributed by atoms with Crippen molar-refractivity contribution < 1.29 is 72.8 Å². The van der Waals surface area contributed by atoms with Gasteiger partial charge in [-0.15, -0.1) is 20.4 Å².